The summed E-state index contributed by atoms with van der Waals surface area (Å²) in [6, 6.07) is 14.1. The molecule has 3 nitrogen and oxygen atoms in total. The summed E-state index contributed by atoms with van der Waals surface area (Å²) in [6.45, 7) is 8.67. The molecule has 1 aromatic carbocycles. The Balaban J connectivity index is 1.66. The van der Waals surface area contributed by atoms with E-state index in [4.69, 9.17) is 12.2 Å². The summed E-state index contributed by atoms with van der Waals surface area (Å²) in [5.41, 5.74) is 7.45. The summed E-state index contributed by atoms with van der Waals surface area (Å²) < 4.78 is 3.69. The second-order valence-electron chi connectivity index (χ2n) is 10.1. The number of thiophene rings is 1. The molecule has 186 valence electrons. The van der Waals surface area contributed by atoms with E-state index in [1.807, 2.05) is 22.7 Å². The number of aryl methyl sites for hydroxylation is 2. The van der Waals surface area contributed by atoms with Gasteiger partial charge in [0.15, 0.2) is 0 Å². The molecule has 36 heavy (non-hydrogen) atoms. The topological polar surface area (TPSA) is 9.49 Å². The van der Waals surface area contributed by atoms with Crippen LogP contribution in [0.4, 0.5) is 5.69 Å². The standard InChI is InChI=1S/C30H34N3S3/c1-5-32(6-2)30(34)25-14-13-24(35-25)27-21-12-11-20(31(3)4)18-26(21)36-29-22-10-8-16-33-15-7-9-19(28(22)33)17-23(27)29/h11-14,17-18H,5-10,15-16H2,1-4H3/q+1. The van der Waals surface area contributed by atoms with Gasteiger partial charge in [-0.25, -0.2) is 4.58 Å². The van der Waals surface area contributed by atoms with Crippen molar-refractivity contribution in [1.29, 1.82) is 0 Å². The number of nitrogens with zero attached hydrogens (tertiary/aromatic N) is 3. The zero-order valence-electron chi connectivity index (χ0n) is 21.7. The normalized spacial score (nSPS) is 14.8. The van der Waals surface area contributed by atoms with Crippen molar-refractivity contribution >= 4 is 55.7 Å². The number of rotatable bonds is 4. The third-order valence-corrected chi connectivity index (χ3v) is 10.8. The van der Waals surface area contributed by atoms with E-state index in [-0.39, 0.29) is 0 Å². The molecule has 1 aliphatic carbocycles. The van der Waals surface area contributed by atoms with Crippen molar-refractivity contribution in [2.75, 3.05) is 45.2 Å². The highest BCUT2D eigenvalue weighted by Gasteiger charge is 2.29. The molecule has 0 unspecified atom stereocenters. The highest BCUT2D eigenvalue weighted by Crippen LogP contribution is 2.50. The van der Waals surface area contributed by atoms with Crippen LogP contribution in [0.3, 0.4) is 0 Å². The van der Waals surface area contributed by atoms with Crippen LogP contribution < -0.4 is 14.8 Å². The molecule has 0 radical (unpaired) electrons. The van der Waals surface area contributed by atoms with Gasteiger partial charge < -0.3 is 9.80 Å². The van der Waals surface area contributed by atoms with Crippen LogP contribution in [-0.2, 0) is 12.8 Å². The fourth-order valence-corrected chi connectivity index (χ4v) is 8.76. The Morgan fingerprint density at radius 2 is 1.75 bits per heavy atom. The molecule has 3 aliphatic heterocycles. The smallest absolute Gasteiger partial charge is 0.200 e. The lowest BCUT2D eigenvalue weighted by atomic mass is 9.88. The van der Waals surface area contributed by atoms with Gasteiger partial charge in [0.2, 0.25) is 5.36 Å². The maximum Gasteiger partial charge on any atom is 0.200 e. The number of anilines is 1. The molecule has 0 spiro atoms. The van der Waals surface area contributed by atoms with Gasteiger partial charge in [-0.3, -0.25) is 0 Å². The summed E-state index contributed by atoms with van der Waals surface area (Å²) in [6.07, 6.45) is 4.90. The lowest BCUT2D eigenvalue weighted by molar-refractivity contribution is 0.475. The highest BCUT2D eigenvalue weighted by molar-refractivity contribution is 7.81. The molecule has 6 rings (SSSR count). The molecule has 0 atom stereocenters. The Bertz CT molecular complexity index is 1520. The fourth-order valence-electron chi connectivity index (χ4n) is 5.99. The Morgan fingerprint density at radius 3 is 2.50 bits per heavy atom. The van der Waals surface area contributed by atoms with E-state index in [2.05, 4.69) is 78.7 Å². The summed E-state index contributed by atoms with van der Waals surface area (Å²) in [7, 11) is 4.26. The minimum absolute atomic E-state index is 0.945. The Kier molecular flexibility index (Phi) is 6.39. The van der Waals surface area contributed by atoms with E-state index < -0.39 is 0 Å². The summed E-state index contributed by atoms with van der Waals surface area (Å²) in [5, 5.41) is 2.69. The number of benzene rings is 2. The first-order valence-electron chi connectivity index (χ1n) is 13.2. The van der Waals surface area contributed by atoms with E-state index in [0.717, 1.165) is 18.1 Å². The number of thiocarbonyl (C=S) groups is 1. The monoisotopic (exact) mass is 532 g/mol. The SMILES string of the molecule is CCN(CC)C(=S)c1ccc(-c2c3ccc(=[N+](C)C)cc-3sc3c4c5c(cc23)CCCN5CCC4)s1. The van der Waals surface area contributed by atoms with E-state index in [9.17, 15) is 0 Å². The predicted molar refractivity (Wildman–Crippen MR) is 162 cm³/mol. The van der Waals surface area contributed by atoms with Crippen molar-refractivity contribution in [2.24, 2.45) is 0 Å². The van der Waals surface area contributed by atoms with E-state index in [0.29, 0.717) is 0 Å². The second kappa shape index (κ2) is 9.55. The second-order valence-corrected chi connectivity index (χ2v) is 12.6. The Labute approximate surface area is 227 Å². The quantitative estimate of drug-likeness (QED) is 0.169. The summed E-state index contributed by atoms with van der Waals surface area (Å²) in [5.74, 6) is 0. The molecule has 6 heteroatoms. The van der Waals surface area contributed by atoms with Crippen LogP contribution in [0.15, 0.2) is 36.4 Å². The highest BCUT2D eigenvalue weighted by atomic mass is 32.1. The van der Waals surface area contributed by atoms with Gasteiger partial charge in [0.25, 0.3) is 0 Å². The third kappa shape index (κ3) is 3.89. The molecule has 0 saturated carbocycles. The van der Waals surface area contributed by atoms with Crippen molar-refractivity contribution in [3.63, 3.8) is 0 Å². The van der Waals surface area contributed by atoms with Gasteiger partial charge in [-0.1, -0.05) is 12.2 Å². The first-order valence-corrected chi connectivity index (χ1v) is 15.2. The maximum atomic E-state index is 5.91. The van der Waals surface area contributed by atoms with Crippen LogP contribution in [0.2, 0.25) is 0 Å². The molecule has 4 heterocycles. The molecule has 4 aliphatic rings. The molecule has 1 aromatic heterocycles. The van der Waals surface area contributed by atoms with Gasteiger partial charge in [-0.05, 0) is 74.9 Å². The van der Waals surface area contributed by atoms with E-state index in [1.54, 1.807) is 16.8 Å². The van der Waals surface area contributed by atoms with Crippen LogP contribution in [0, 0.1) is 0 Å². The van der Waals surface area contributed by atoms with Gasteiger partial charge in [0.1, 0.15) is 19.1 Å². The van der Waals surface area contributed by atoms with Gasteiger partial charge in [0.05, 0.1) is 4.88 Å². The zero-order valence-corrected chi connectivity index (χ0v) is 24.1. The van der Waals surface area contributed by atoms with Crippen LogP contribution in [-0.4, -0.2) is 50.2 Å². The number of hydrogen-bond donors (Lipinski definition) is 0. The van der Waals surface area contributed by atoms with Gasteiger partial charge in [-0.2, -0.15) is 0 Å². The lowest BCUT2D eigenvalue weighted by Crippen LogP contribution is -2.34. The number of hydrogen-bond acceptors (Lipinski definition) is 4. The zero-order chi connectivity index (χ0) is 25.0. The first-order chi connectivity index (χ1) is 17.5. The lowest BCUT2D eigenvalue weighted by Gasteiger charge is -2.37. The maximum absolute atomic E-state index is 5.91. The van der Waals surface area contributed by atoms with Crippen LogP contribution in [0.1, 0.15) is 42.7 Å². The molecular weight excluding hydrogens is 499 g/mol. The van der Waals surface area contributed by atoms with Crippen molar-refractivity contribution in [1.82, 2.24) is 9.48 Å². The van der Waals surface area contributed by atoms with Gasteiger partial charge in [0, 0.05) is 75.0 Å². The van der Waals surface area contributed by atoms with Crippen molar-refractivity contribution in [2.45, 2.75) is 39.5 Å². The summed E-state index contributed by atoms with van der Waals surface area (Å²) in [4.78, 5) is 9.82. The molecule has 0 amide bonds. The molecule has 0 saturated heterocycles. The van der Waals surface area contributed by atoms with E-state index >= 15 is 0 Å². The van der Waals surface area contributed by atoms with Crippen LogP contribution in [0.5, 0.6) is 0 Å². The van der Waals surface area contributed by atoms with Crippen LogP contribution >= 0.6 is 34.9 Å². The predicted octanol–water partition coefficient (Wildman–Crippen LogP) is 6.48. The fraction of sp³-hybridized carbons (Fsp3) is 0.400. The summed E-state index contributed by atoms with van der Waals surface area (Å²) >= 11 is 9.76. The van der Waals surface area contributed by atoms with Crippen LogP contribution in [0.25, 0.3) is 31.0 Å². The first kappa shape index (κ1) is 24.1. The average molecular weight is 533 g/mol. The average Bonchev–Trinajstić information content (AvgIpc) is 3.38. The Hall–Kier alpha value is -2.28. The number of fused-ring (bicyclic) bond motifs is 3. The Morgan fingerprint density at radius 1 is 0.972 bits per heavy atom. The minimum Gasteiger partial charge on any atom is -0.371 e. The van der Waals surface area contributed by atoms with Crippen molar-refractivity contribution in [3.05, 3.63) is 57.8 Å². The molecule has 0 N–H and O–H groups in total. The van der Waals surface area contributed by atoms with Crippen molar-refractivity contribution in [3.8, 4) is 20.9 Å². The molecular formula is C30H34N3S3+. The van der Waals surface area contributed by atoms with E-state index in [1.165, 1.54) is 80.0 Å². The molecule has 2 aromatic rings. The third-order valence-electron chi connectivity index (χ3n) is 7.82. The van der Waals surface area contributed by atoms with Crippen molar-refractivity contribution < 1.29 is 0 Å². The van der Waals surface area contributed by atoms with Gasteiger partial charge in [-0.15, -0.1) is 22.7 Å². The molecule has 0 fully saturated rings. The molecule has 0 bridgehead atoms. The van der Waals surface area contributed by atoms with Gasteiger partial charge >= 0.3 is 0 Å². The minimum atomic E-state index is 0.945. The largest absolute Gasteiger partial charge is 0.371 e.